The Morgan fingerprint density at radius 1 is 0.964 bits per heavy atom. The van der Waals surface area contributed by atoms with Crippen LogP contribution in [0.2, 0.25) is 0 Å². The monoisotopic (exact) mass is 382 g/mol. The molecular formula is C22H17F3N2O. The molecule has 0 fully saturated rings. The molecule has 0 spiro atoms. The summed E-state index contributed by atoms with van der Waals surface area (Å²) in [5, 5.41) is 12.9. The molecule has 0 aliphatic carbocycles. The lowest BCUT2D eigenvalue weighted by molar-refractivity contribution is -0.137. The van der Waals surface area contributed by atoms with Gasteiger partial charge in [-0.2, -0.15) is 13.2 Å². The summed E-state index contributed by atoms with van der Waals surface area (Å²) >= 11 is 0. The number of imidazole rings is 1. The molecule has 1 unspecified atom stereocenters. The van der Waals surface area contributed by atoms with Gasteiger partial charge >= 0.3 is 6.18 Å². The van der Waals surface area contributed by atoms with Crippen LogP contribution in [0.5, 0.6) is 0 Å². The molecule has 0 saturated heterocycles. The molecule has 28 heavy (non-hydrogen) atoms. The summed E-state index contributed by atoms with van der Waals surface area (Å²) in [5.41, 5.74) is 2.08. The highest BCUT2D eigenvalue weighted by molar-refractivity contribution is 5.87. The lowest BCUT2D eigenvalue weighted by Crippen LogP contribution is -2.05. The van der Waals surface area contributed by atoms with Gasteiger partial charge in [-0.3, -0.25) is 0 Å². The van der Waals surface area contributed by atoms with Crippen LogP contribution in [-0.2, 0) is 6.18 Å². The van der Waals surface area contributed by atoms with E-state index in [1.807, 2.05) is 43.3 Å². The van der Waals surface area contributed by atoms with Crippen molar-refractivity contribution in [2.75, 3.05) is 0 Å². The molecular weight excluding hydrogens is 365 g/mol. The fraction of sp³-hybridized carbons (Fsp3) is 0.136. The summed E-state index contributed by atoms with van der Waals surface area (Å²) in [5.74, 6) is 0.342. The van der Waals surface area contributed by atoms with Crippen molar-refractivity contribution >= 4 is 10.8 Å². The smallest absolute Gasteiger partial charge is 0.380 e. The average molecular weight is 382 g/mol. The minimum atomic E-state index is -4.38. The zero-order valence-corrected chi connectivity index (χ0v) is 15.0. The minimum absolute atomic E-state index is 0.342. The van der Waals surface area contributed by atoms with Crippen molar-refractivity contribution < 1.29 is 18.3 Å². The molecule has 0 radical (unpaired) electrons. The van der Waals surface area contributed by atoms with Crippen molar-refractivity contribution in [3.8, 4) is 11.3 Å². The maximum atomic E-state index is 12.7. The minimum Gasteiger partial charge on any atom is -0.380 e. The third kappa shape index (κ3) is 3.27. The number of aromatic amines is 1. The van der Waals surface area contributed by atoms with Crippen molar-refractivity contribution in [2.45, 2.75) is 19.2 Å². The Morgan fingerprint density at radius 2 is 1.68 bits per heavy atom. The van der Waals surface area contributed by atoms with E-state index >= 15 is 0 Å². The summed E-state index contributed by atoms with van der Waals surface area (Å²) in [6.07, 6.45) is -3.84. The molecule has 4 aromatic rings. The highest BCUT2D eigenvalue weighted by atomic mass is 19.4. The first-order valence-electron chi connectivity index (χ1n) is 8.73. The van der Waals surface area contributed by atoms with Gasteiger partial charge < -0.3 is 10.1 Å². The number of halogens is 3. The van der Waals surface area contributed by atoms with E-state index in [1.165, 1.54) is 18.3 Å². The van der Waals surface area contributed by atoms with Crippen LogP contribution in [0.25, 0.3) is 22.0 Å². The fourth-order valence-corrected chi connectivity index (χ4v) is 3.37. The van der Waals surface area contributed by atoms with Gasteiger partial charge in [0.1, 0.15) is 11.9 Å². The molecule has 3 aromatic carbocycles. The van der Waals surface area contributed by atoms with Crippen LogP contribution in [0.3, 0.4) is 0 Å². The number of alkyl halides is 3. The number of aryl methyl sites for hydroxylation is 1. The van der Waals surface area contributed by atoms with E-state index in [0.717, 1.165) is 34.0 Å². The van der Waals surface area contributed by atoms with Gasteiger partial charge in [-0.25, -0.2) is 4.98 Å². The lowest BCUT2D eigenvalue weighted by atomic mass is 9.95. The Hall–Kier alpha value is -3.12. The van der Waals surface area contributed by atoms with Gasteiger partial charge in [0.2, 0.25) is 0 Å². The van der Waals surface area contributed by atoms with Crippen LogP contribution >= 0.6 is 0 Å². The van der Waals surface area contributed by atoms with Crippen LogP contribution in [0.15, 0.2) is 66.9 Å². The lowest BCUT2D eigenvalue weighted by Gasteiger charge is -2.15. The molecule has 0 aliphatic rings. The average Bonchev–Trinajstić information content (AvgIpc) is 3.17. The third-order valence-electron chi connectivity index (χ3n) is 4.84. The number of hydrogen-bond donors (Lipinski definition) is 2. The van der Waals surface area contributed by atoms with Gasteiger partial charge in [-0.1, -0.05) is 48.5 Å². The molecule has 0 amide bonds. The number of rotatable bonds is 3. The number of H-pyrrole nitrogens is 1. The molecule has 1 aromatic heterocycles. The predicted octanol–water partition coefficient (Wildman–Crippen LogP) is 5.64. The number of benzene rings is 3. The molecule has 0 aliphatic heterocycles. The van der Waals surface area contributed by atoms with Gasteiger partial charge in [-0.15, -0.1) is 0 Å². The van der Waals surface area contributed by atoms with Crippen LogP contribution in [-0.4, -0.2) is 15.1 Å². The molecule has 2 N–H and O–H groups in total. The molecule has 6 heteroatoms. The van der Waals surface area contributed by atoms with Crippen LogP contribution in [0.4, 0.5) is 13.2 Å². The SMILES string of the molecule is Cc1ccc2ccccc2c1C(O)c1ncc(-c2ccc(C(F)(F)F)cc2)[nH]1. The van der Waals surface area contributed by atoms with Crippen molar-refractivity contribution in [3.05, 3.63) is 89.4 Å². The second-order valence-electron chi connectivity index (χ2n) is 6.68. The Kier molecular flexibility index (Phi) is 4.43. The second-order valence-corrected chi connectivity index (χ2v) is 6.68. The summed E-state index contributed by atoms with van der Waals surface area (Å²) in [6, 6.07) is 16.5. The van der Waals surface area contributed by atoms with E-state index in [0.29, 0.717) is 17.1 Å². The van der Waals surface area contributed by atoms with E-state index in [-0.39, 0.29) is 0 Å². The largest absolute Gasteiger partial charge is 0.416 e. The topological polar surface area (TPSA) is 48.9 Å². The Bertz CT molecular complexity index is 1130. The van der Waals surface area contributed by atoms with E-state index in [1.54, 1.807) is 0 Å². The number of aliphatic hydroxyl groups is 1. The Balaban J connectivity index is 1.69. The van der Waals surface area contributed by atoms with Gasteiger partial charge in [-0.05, 0) is 46.5 Å². The van der Waals surface area contributed by atoms with Crippen LogP contribution in [0, 0.1) is 6.92 Å². The van der Waals surface area contributed by atoms with Crippen molar-refractivity contribution in [2.24, 2.45) is 0 Å². The summed E-state index contributed by atoms with van der Waals surface area (Å²) in [4.78, 5) is 7.30. The molecule has 3 nitrogen and oxygen atoms in total. The molecule has 4 rings (SSSR count). The van der Waals surface area contributed by atoms with Crippen LogP contribution < -0.4 is 0 Å². The standard InChI is InChI=1S/C22H17F3N2O/c1-13-6-7-14-4-2-3-5-17(14)19(13)20(28)21-26-12-18(27-21)15-8-10-16(11-9-15)22(23,24)25/h2-12,20,28H,1H3,(H,26,27). The van der Waals surface area contributed by atoms with E-state index < -0.39 is 17.8 Å². The second kappa shape index (κ2) is 6.80. The molecule has 1 atom stereocenters. The number of fused-ring (bicyclic) bond motifs is 1. The number of aliphatic hydroxyl groups excluding tert-OH is 1. The van der Waals surface area contributed by atoms with Crippen LogP contribution in [0.1, 0.15) is 28.6 Å². The zero-order valence-electron chi connectivity index (χ0n) is 15.0. The van der Waals surface area contributed by atoms with Gasteiger partial charge in [0, 0.05) is 0 Å². The summed E-state index contributed by atoms with van der Waals surface area (Å²) < 4.78 is 38.2. The Morgan fingerprint density at radius 3 is 2.39 bits per heavy atom. The number of nitrogens with one attached hydrogen (secondary N) is 1. The van der Waals surface area contributed by atoms with E-state index in [9.17, 15) is 18.3 Å². The molecule has 142 valence electrons. The third-order valence-corrected chi connectivity index (χ3v) is 4.84. The zero-order chi connectivity index (χ0) is 19.9. The number of hydrogen-bond acceptors (Lipinski definition) is 2. The van der Waals surface area contributed by atoms with E-state index in [4.69, 9.17) is 0 Å². The van der Waals surface area contributed by atoms with Gasteiger partial charge in [0.05, 0.1) is 17.5 Å². The van der Waals surface area contributed by atoms with Gasteiger partial charge in [0.25, 0.3) is 0 Å². The first-order valence-corrected chi connectivity index (χ1v) is 8.73. The first kappa shape index (κ1) is 18.3. The normalized spacial score (nSPS) is 13.0. The van der Waals surface area contributed by atoms with Crippen molar-refractivity contribution in [3.63, 3.8) is 0 Å². The molecule has 1 heterocycles. The first-order chi connectivity index (χ1) is 13.3. The van der Waals surface area contributed by atoms with Gasteiger partial charge in [0.15, 0.2) is 0 Å². The number of nitrogens with zero attached hydrogens (tertiary/aromatic N) is 1. The van der Waals surface area contributed by atoms with Crippen molar-refractivity contribution in [1.82, 2.24) is 9.97 Å². The fourth-order valence-electron chi connectivity index (χ4n) is 3.37. The number of aromatic nitrogens is 2. The molecule has 0 saturated carbocycles. The highest BCUT2D eigenvalue weighted by Gasteiger charge is 2.30. The van der Waals surface area contributed by atoms with Crippen molar-refractivity contribution in [1.29, 1.82) is 0 Å². The molecule has 0 bridgehead atoms. The maximum absolute atomic E-state index is 12.7. The quantitative estimate of drug-likeness (QED) is 0.482. The highest BCUT2D eigenvalue weighted by Crippen LogP contribution is 2.33. The maximum Gasteiger partial charge on any atom is 0.416 e. The predicted molar refractivity (Wildman–Crippen MR) is 102 cm³/mol. The summed E-state index contributed by atoms with van der Waals surface area (Å²) in [7, 11) is 0. The summed E-state index contributed by atoms with van der Waals surface area (Å²) in [6.45, 7) is 1.92. The van der Waals surface area contributed by atoms with E-state index in [2.05, 4.69) is 9.97 Å². The Labute approximate surface area is 159 Å².